The van der Waals surface area contributed by atoms with E-state index in [1.807, 2.05) is 0 Å². The zero-order chi connectivity index (χ0) is 22.0. The molecule has 1 aromatic heterocycles. The van der Waals surface area contributed by atoms with Gasteiger partial charge in [0.1, 0.15) is 11.1 Å². The van der Waals surface area contributed by atoms with Crippen LogP contribution in [0.3, 0.4) is 0 Å². The van der Waals surface area contributed by atoms with Crippen LogP contribution >= 0.6 is 11.3 Å². The maximum absolute atomic E-state index is 12.8. The van der Waals surface area contributed by atoms with Gasteiger partial charge in [-0.05, 0) is 62.1 Å². The number of sulfonamides is 1. The van der Waals surface area contributed by atoms with Crippen molar-refractivity contribution in [2.45, 2.75) is 44.0 Å². The number of carbonyl (C=O) groups excluding carboxylic acids is 1. The van der Waals surface area contributed by atoms with E-state index in [0.29, 0.717) is 29.2 Å². The van der Waals surface area contributed by atoms with E-state index in [1.54, 1.807) is 0 Å². The third-order valence-corrected chi connectivity index (χ3v) is 8.88. The van der Waals surface area contributed by atoms with Crippen molar-refractivity contribution in [3.05, 3.63) is 45.8 Å². The summed E-state index contributed by atoms with van der Waals surface area (Å²) in [6.07, 6.45) is 3.65. The number of thiophene rings is 1. The van der Waals surface area contributed by atoms with Crippen LogP contribution in [0.5, 0.6) is 0 Å². The highest BCUT2D eigenvalue weighted by Gasteiger charge is 2.28. The molecule has 2 aliphatic rings. The van der Waals surface area contributed by atoms with Crippen molar-refractivity contribution in [1.29, 1.82) is 5.26 Å². The van der Waals surface area contributed by atoms with Gasteiger partial charge >= 0.3 is 0 Å². The van der Waals surface area contributed by atoms with E-state index in [9.17, 15) is 18.5 Å². The van der Waals surface area contributed by atoms with Gasteiger partial charge < -0.3 is 5.32 Å². The quantitative estimate of drug-likeness (QED) is 0.716. The number of carbonyl (C=O) groups is 1. The van der Waals surface area contributed by atoms with Gasteiger partial charge in [0.2, 0.25) is 10.0 Å². The third-order valence-electron chi connectivity index (χ3n) is 5.83. The molecule has 0 radical (unpaired) electrons. The van der Waals surface area contributed by atoms with E-state index in [2.05, 4.69) is 23.2 Å². The number of benzene rings is 1. The van der Waals surface area contributed by atoms with Gasteiger partial charge in [-0.2, -0.15) is 9.57 Å². The van der Waals surface area contributed by atoms with Gasteiger partial charge in [0.05, 0.1) is 10.5 Å². The standard InChI is InChI=1S/C22H26N4O3S2/c1-2-10-25-13-9-18-19(14-23)22(30-20(18)15-25)24-21(27)16-5-7-17(8-6-16)31(28,29)26-11-3-4-12-26/h5-8H,2-4,9-13,15H2,1H3,(H,24,27). The molecule has 0 saturated carbocycles. The van der Waals surface area contributed by atoms with E-state index < -0.39 is 10.0 Å². The number of hydrogen-bond donors (Lipinski definition) is 1. The second kappa shape index (κ2) is 9.09. The van der Waals surface area contributed by atoms with Crippen LogP contribution in [0.2, 0.25) is 0 Å². The number of rotatable bonds is 6. The van der Waals surface area contributed by atoms with Crippen molar-refractivity contribution in [3.8, 4) is 6.07 Å². The highest BCUT2D eigenvalue weighted by molar-refractivity contribution is 7.89. The number of nitrogens with zero attached hydrogens (tertiary/aromatic N) is 3. The summed E-state index contributed by atoms with van der Waals surface area (Å²) in [5, 5.41) is 13.1. The lowest BCUT2D eigenvalue weighted by molar-refractivity contribution is 0.102. The molecule has 7 nitrogen and oxygen atoms in total. The van der Waals surface area contributed by atoms with Crippen molar-refractivity contribution in [1.82, 2.24) is 9.21 Å². The Kier molecular flexibility index (Phi) is 6.44. The largest absolute Gasteiger partial charge is 0.312 e. The molecular formula is C22H26N4O3S2. The molecule has 1 amide bonds. The second-order valence-corrected chi connectivity index (χ2v) is 11.0. The first-order valence-corrected chi connectivity index (χ1v) is 12.9. The number of anilines is 1. The molecule has 1 N–H and O–H groups in total. The van der Waals surface area contributed by atoms with Crippen LogP contribution in [-0.2, 0) is 23.0 Å². The van der Waals surface area contributed by atoms with Gasteiger partial charge in [-0.3, -0.25) is 9.69 Å². The zero-order valence-electron chi connectivity index (χ0n) is 17.6. The van der Waals surface area contributed by atoms with Crippen molar-refractivity contribution in [3.63, 3.8) is 0 Å². The molecule has 164 valence electrons. The topological polar surface area (TPSA) is 93.5 Å². The molecule has 1 aromatic carbocycles. The predicted octanol–water partition coefficient (Wildman–Crippen LogP) is 3.42. The highest BCUT2D eigenvalue weighted by atomic mass is 32.2. The Bertz CT molecular complexity index is 1110. The van der Waals surface area contributed by atoms with Crippen LogP contribution in [0.4, 0.5) is 5.00 Å². The molecule has 0 bridgehead atoms. The predicted molar refractivity (Wildman–Crippen MR) is 121 cm³/mol. The average Bonchev–Trinajstić information content (AvgIpc) is 3.42. The molecule has 2 aliphatic heterocycles. The van der Waals surface area contributed by atoms with Crippen molar-refractivity contribution < 1.29 is 13.2 Å². The SMILES string of the molecule is CCCN1CCc2c(sc(NC(=O)c3ccc(S(=O)(=O)N4CCCC4)cc3)c2C#N)C1. The molecule has 0 atom stereocenters. The summed E-state index contributed by atoms with van der Waals surface area (Å²) in [5.41, 5.74) is 1.96. The Labute approximate surface area is 187 Å². The summed E-state index contributed by atoms with van der Waals surface area (Å²) >= 11 is 1.46. The summed E-state index contributed by atoms with van der Waals surface area (Å²) in [4.78, 5) is 16.5. The summed E-state index contributed by atoms with van der Waals surface area (Å²) in [7, 11) is -3.51. The van der Waals surface area contributed by atoms with Crippen LogP contribution < -0.4 is 5.32 Å². The lowest BCUT2D eigenvalue weighted by atomic mass is 10.0. The summed E-state index contributed by atoms with van der Waals surface area (Å²) in [5.74, 6) is -0.342. The highest BCUT2D eigenvalue weighted by Crippen LogP contribution is 2.37. The summed E-state index contributed by atoms with van der Waals surface area (Å²) in [6, 6.07) is 8.28. The van der Waals surface area contributed by atoms with Crippen molar-refractivity contribution in [2.24, 2.45) is 0 Å². The second-order valence-electron chi connectivity index (χ2n) is 7.94. The number of nitriles is 1. The maximum atomic E-state index is 12.8. The molecule has 0 unspecified atom stereocenters. The van der Waals surface area contributed by atoms with Crippen LogP contribution in [0.15, 0.2) is 29.2 Å². The summed E-state index contributed by atoms with van der Waals surface area (Å²) in [6.45, 7) is 5.99. The Morgan fingerprint density at radius 3 is 2.55 bits per heavy atom. The van der Waals surface area contributed by atoms with Crippen LogP contribution in [-0.4, -0.2) is 49.7 Å². The molecule has 0 spiro atoms. The van der Waals surface area contributed by atoms with Crippen molar-refractivity contribution in [2.75, 3.05) is 31.5 Å². The first-order valence-electron chi connectivity index (χ1n) is 10.6. The molecule has 4 rings (SSSR count). The van der Waals surface area contributed by atoms with Crippen LogP contribution in [0.25, 0.3) is 0 Å². The smallest absolute Gasteiger partial charge is 0.256 e. The number of nitrogens with one attached hydrogen (secondary N) is 1. The average molecular weight is 459 g/mol. The molecule has 3 heterocycles. The van der Waals surface area contributed by atoms with Gasteiger partial charge in [-0.15, -0.1) is 11.3 Å². The Morgan fingerprint density at radius 1 is 1.19 bits per heavy atom. The Balaban J connectivity index is 1.51. The molecular weight excluding hydrogens is 432 g/mol. The monoisotopic (exact) mass is 458 g/mol. The first-order chi connectivity index (χ1) is 14.9. The van der Waals surface area contributed by atoms with Crippen LogP contribution in [0.1, 0.15) is 52.5 Å². The number of amides is 1. The van der Waals surface area contributed by atoms with Gasteiger partial charge in [-0.1, -0.05) is 6.92 Å². The van der Waals surface area contributed by atoms with Crippen LogP contribution in [0, 0.1) is 11.3 Å². The Morgan fingerprint density at radius 2 is 1.90 bits per heavy atom. The van der Waals surface area contributed by atoms with Gasteiger partial charge in [0.25, 0.3) is 5.91 Å². The van der Waals surface area contributed by atoms with Gasteiger partial charge in [0.15, 0.2) is 0 Å². The lowest BCUT2D eigenvalue weighted by Gasteiger charge is -2.26. The molecule has 9 heteroatoms. The van der Waals surface area contributed by atoms with E-state index in [0.717, 1.165) is 55.8 Å². The molecule has 2 aromatic rings. The first kappa shape index (κ1) is 22.0. The third kappa shape index (κ3) is 4.39. The van der Waals surface area contributed by atoms with Crippen molar-refractivity contribution >= 4 is 32.3 Å². The van der Waals surface area contributed by atoms with Gasteiger partial charge in [-0.25, -0.2) is 8.42 Å². The fraction of sp³-hybridized carbons (Fsp3) is 0.455. The fourth-order valence-corrected chi connectivity index (χ4v) is 6.95. The molecule has 31 heavy (non-hydrogen) atoms. The summed E-state index contributed by atoms with van der Waals surface area (Å²) < 4.78 is 26.8. The zero-order valence-corrected chi connectivity index (χ0v) is 19.2. The molecule has 1 fully saturated rings. The minimum absolute atomic E-state index is 0.200. The van der Waals surface area contributed by atoms with E-state index in [-0.39, 0.29) is 10.8 Å². The Hall–Kier alpha value is -2.25. The minimum atomic E-state index is -3.51. The van der Waals surface area contributed by atoms with E-state index in [1.165, 1.54) is 39.9 Å². The maximum Gasteiger partial charge on any atom is 0.256 e. The van der Waals surface area contributed by atoms with E-state index in [4.69, 9.17) is 0 Å². The minimum Gasteiger partial charge on any atom is -0.312 e. The fourth-order valence-electron chi connectivity index (χ4n) is 4.20. The van der Waals surface area contributed by atoms with Gasteiger partial charge in [0, 0.05) is 36.6 Å². The normalized spacial score (nSPS) is 17.3. The lowest BCUT2D eigenvalue weighted by Crippen LogP contribution is -2.30. The van der Waals surface area contributed by atoms with E-state index >= 15 is 0 Å². The molecule has 0 aliphatic carbocycles. The molecule has 1 saturated heterocycles. The number of fused-ring (bicyclic) bond motifs is 1. The number of hydrogen-bond acceptors (Lipinski definition) is 6.